The second-order valence-corrected chi connectivity index (χ2v) is 9.06. The van der Waals surface area contributed by atoms with Crippen LogP contribution in [-0.2, 0) is 6.42 Å². The second kappa shape index (κ2) is 9.73. The summed E-state index contributed by atoms with van der Waals surface area (Å²) in [6.07, 6.45) is 0.795. The quantitative estimate of drug-likeness (QED) is 0.719. The average Bonchev–Trinajstić information content (AvgIpc) is 2.76. The molecule has 5 heteroatoms. The molecule has 1 aliphatic rings. The molecule has 1 unspecified atom stereocenters. The minimum Gasteiger partial charge on any atom is -0.495 e. The Labute approximate surface area is 187 Å². The molecule has 2 aromatic carbocycles. The van der Waals surface area contributed by atoms with E-state index in [-0.39, 0.29) is 11.4 Å². The molecule has 0 aromatic heterocycles. The number of nitrogens with one attached hydrogen (secondary N) is 1. The van der Waals surface area contributed by atoms with Gasteiger partial charge in [-0.05, 0) is 70.4 Å². The lowest BCUT2D eigenvalue weighted by atomic mass is 9.95. The Morgan fingerprint density at radius 1 is 1.16 bits per heavy atom. The minimum atomic E-state index is 0.0388. The van der Waals surface area contributed by atoms with Gasteiger partial charge >= 0.3 is 0 Å². The summed E-state index contributed by atoms with van der Waals surface area (Å²) in [5.41, 5.74) is 4.39. The monoisotopic (exact) mass is 423 g/mol. The molecule has 31 heavy (non-hydrogen) atoms. The van der Waals surface area contributed by atoms with Gasteiger partial charge in [0.05, 0.1) is 12.8 Å². The van der Waals surface area contributed by atoms with E-state index in [1.165, 1.54) is 16.8 Å². The number of hydrogen-bond acceptors (Lipinski definition) is 4. The van der Waals surface area contributed by atoms with E-state index in [4.69, 9.17) is 4.74 Å². The highest BCUT2D eigenvalue weighted by atomic mass is 16.5. The summed E-state index contributed by atoms with van der Waals surface area (Å²) in [7, 11) is 1.74. The summed E-state index contributed by atoms with van der Waals surface area (Å²) < 4.78 is 5.78. The van der Waals surface area contributed by atoms with E-state index >= 15 is 0 Å². The van der Waals surface area contributed by atoms with Gasteiger partial charge in [-0.1, -0.05) is 24.3 Å². The lowest BCUT2D eigenvalue weighted by Gasteiger charge is -2.45. The topological polar surface area (TPSA) is 44.8 Å². The molecular weight excluding hydrogens is 386 g/mol. The maximum absolute atomic E-state index is 12.6. The Kier molecular flexibility index (Phi) is 7.26. The summed E-state index contributed by atoms with van der Waals surface area (Å²) >= 11 is 0. The maximum atomic E-state index is 12.6. The first kappa shape index (κ1) is 23.1. The van der Waals surface area contributed by atoms with Crippen molar-refractivity contribution >= 4 is 11.6 Å². The normalized spacial score (nSPS) is 18.0. The first-order valence-electron chi connectivity index (χ1n) is 11.4. The number of rotatable bonds is 7. The van der Waals surface area contributed by atoms with Gasteiger partial charge in [-0.25, -0.2) is 0 Å². The first-order chi connectivity index (χ1) is 14.8. The van der Waals surface area contributed by atoms with Crippen molar-refractivity contribution in [3.05, 3.63) is 59.2 Å². The minimum absolute atomic E-state index is 0.0388. The van der Waals surface area contributed by atoms with E-state index in [0.717, 1.165) is 43.9 Å². The van der Waals surface area contributed by atoms with Gasteiger partial charge in [-0.2, -0.15) is 0 Å². The maximum Gasteiger partial charge on any atom is 0.253 e. The molecule has 0 aliphatic carbocycles. The van der Waals surface area contributed by atoms with Gasteiger partial charge in [0.25, 0.3) is 5.91 Å². The zero-order valence-corrected chi connectivity index (χ0v) is 19.9. The highest BCUT2D eigenvalue weighted by molar-refractivity contribution is 5.94. The van der Waals surface area contributed by atoms with Gasteiger partial charge in [-0.15, -0.1) is 0 Å². The summed E-state index contributed by atoms with van der Waals surface area (Å²) in [5, 5.41) is 3.63. The molecule has 1 atom stereocenters. The molecule has 0 spiro atoms. The van der Waals surface area contributed by atoms with E-state index in [1.54, 1.807) is 7.11 Å². The van der Waals surface area contributed by atoms with Crippen molar-refractivity contribution in [1.82, 2.24) is 10.2 Å². The number of carbonyl (C=O) groups excluding carboxylic acids is 1. The van der Waals surface area contributed by atoms with Crippen molar-refractivity contribution in [2.24, 2.45) is 0 Å². The summed E-state index contributed by atoms with van der Waals surface area (Å²) in [5.74, 6) is 1.01. The van der Waals surface area contributed by atoms with Crippen molar-refractivity contribution < 1.29 is 9.53 Å². The van der Waals surface area contributed by atoms with E-state index < -0.39 is 0 Å². The number of ether oxygens (including phenoxy) is 1. The molecule has 0 bridgehead atoms. The lowest BCUT2D eigenvalue weighted by molar-refractivity contribution is 0.0773. The summed E-state index contributed by atoms with van der Waals surface area (Å²) in [4.78, 5) is 16.9. The standard InChI is InChI=1S/C26H37N3O2/c1-7-28(8-2)25(30)21-14-12-20(13-15-21)16-22-10-9-11-23(31-6)24(22)29-18-26(4,5)27-17-19(29)3/h9-15,19,27H,7-8,16-18H2,1-6H3. The molecular formula is C26H37N3O2. The lowest BCUT2D eigenvalue weighted by Crippen LogP contribution is -2.61. The van der Waals surface area contributed by atoms with Crippen LogP contribution >= 0.6 is 0 Å². The first-order valence-corrected chi connectivity index (χ1v) is 11.4. The summed E-state index contributed by atoms with van der Waals surface area (Å²) in [6, 6.07) is 14.7. The molecule has 0 radical (unpaired) electrons. The van der Waals surface area contributed by atoms with E-state index in [1.807, 2.05) is 36.9 Å². The number of methoxy groups -OCH3 is 1. The van der Waals surface area contributed by atoms with Crippen LogP contribution in [0, 0.1) is 0 Å². The number of benzene rings is 2. The van der Waals surface area contributed by atoms with E-state index in [9.17, 15) is 4.79 Å². The van der Waals surface area contributed by atoms with Crippen molar-refractivity contribution in [2.45, 2.75) is 52.6 Å². The third-order valence-corrected chi connectivity index (χ3v) is 6.21. The number of anilines is 1. The molecule has 1 aliphatic heterocycles. The van der Waals surface area contributed by atoms with Crippen LogP contribution in [0.5, 0.6) is 5.75 Å². The third kappa shape index (κ3) is 5.21. The number of carbonyl (C=O) groups is 1. The van der Waals surface area contributed by atoms with Crippen LogP contribution in [-0.4, -0.2) is 55.7 Å². The number of piperazine rings is 1. The molecule has 1 saturated heterocycles. The Balaban J connectivity index is 1.89. The van der Waals surface area contributed by atoms with Crippen LogP contribution in [0.4, 0.5) is 5.69 Å². The molecule has 1 fully saturated rings. The second-order valence-electron chi connectivity index (χ2n) is 9.06. The van der Waals surface area contributed by atoms with Gasteiger partial charge in [0, 0.05) is 43.3 Å². The fourth-order valence-corrected chi connectivity index (χ4v) is 4.35. The zero-order valence-electron chi connectivity index (χ0n) is 19.9. The van der Waals surface area contributed by atoms with Crippen molar-refractivity contribution in [3.8, 4) is 5.75 Å². The van der Waals surface area contributed by atoms with E-state index in [2.05, 4.69) is 55.3 Å². The Hall–Kier alpha value is -2.53. The van der Waals surface area contributed by atoms with Crippen LogP contribution < -0.4 is 15.0 Å². The fourth-order valence-electron chi connectivity index (χ4n) is 4.35. The summed E-state index contributed by atoms with van der Waals surface area (Å²) in [6.45, 7) is 14.1. The van der Waals surface area contributed by atoms with Crippen LogP contribution in [0.15, 0.2) is 42.5 Å². The van der Waals surface area contributed by atoms with Crippen molar-refractivity contribution in [2.75, 3.05) is 38.2 Å². The van der Waals surface area contributed by atoms with Crippen molar-refractivity contribution in [3.63, 3.8) is 0 Å². The molecule has 1 N–H and O–H groups in total. The van der Waals surface area contributed by atoms with Crippen LogP contribution in [0.1, 0.15) is 56.1 Å². The molecule has 1 heterocycles. The Morgan fingerprint density at radius 3 is 2.45 bits per heavy atom. The van der Waals surface area contributed by atoms with Gasteiger partial charge in [0.15, 0.2) is 0 Å². The highest BCUT2D eigenvalue weighted by Crippen LogP contribution is 2.36. The fraction of sp³-hybridized carbons (Fsp3) is 0.500. The van der Waals surface area contributed by atoms with Gasteiger partial charge in [0.1, 0.15) is 5.75 Å². The van der Waals surface area contributed by atoms with Gasteiger partial charge in [-0.3, -0.25) is 4.79 Å². The third-order valence-electron chi connectivity index (χ3n) is 6.21. The Morgan fingerprint density at radius 2 is 1.84 bits per heavy atom. The average molecular weight is 424 g/mol. The van der Waals surface area contributed by atoms with Crippen molar-refractivity contribution in [1.29, 1.82) is 0 Å². The molecule has 168 valence electrons. The van der Waals surface area contributed by atoms with Gasteiger partial charge in [0.2, 0.25) is 0 Å². The smallest absolute Gasteiger partial charge is 0.253 e. The molecule has 5 nitrogen and oxygen atoms in total. The molecule has 2 aromatic rings. The number of para-hydroxylation sites is 1. The van der Waals surface area contributed by atoms with Gasteiger partial charge < -0.3 is 19.9 Å². The molecule has 3 rings (SSSR count). The molecule has 0 saturated carbocycles. The molecule has 1 amide bonds. The van der Waals surface area contributed by atoms with E-state index in [0.29, 0.717) is 6.04 Å². The van der Waals surface area contributed by atoms with Crippen LogP contribution in [0.3, 0.4) is 0 Å². The predicted octanol–water partition coefficient (Wildman–Crippen LogP) is 4.34. The zero-order chi connectivity index (χ0) is 22.6. The van der Waals surface area contributed by atoms with Crippen LogP contribution in [0.2, 0.25) is 0 Å². The van der Waals surface area contributed by atoms with Crippen LogP contribution in [0.25, 0.3) is 0 Å². The Bertz CT molecular complexity index is 888. The number of nitrogens with zero attached hydrogens (tertiary/aromatic N) is 2. The highest BCUT2D eigenvalue weighted by Gasteiger charge is 2.32. The number of amides is 1. The number of hydrogen-bond donors (Lipinski definition) is 1. The largest absolute Gasteiger partial charge is 0.495 e. The predicted molar refractivity (Wildman–Crippen MR) is 128 cm³/mol. The SMILES string of the molecule is CCN(CC)C(=O)c1ccc(Cc2cccc(OC)c2N2CC(C)(C)NCC2C)cc1.